The van der Waals surface area contributed by atoms with Crippen molar-refractivity contribution in [3.8, 4) is 22.9 Å². The molecule has 0 aliphatic heterocycles. The van der Waals surface area contributed by atoms with Crippen molar-refractivity contribution in [2.24, 2.45) is 0 Å². The topological polar surface area (TPSA) is 45.5 Å². The van der Waals surface area contributed by atoms with Crippen molar-refractivity contribution in [3.63, 3.8) is 0 Å². The van der Waals surface area contributed by atoms with E-state index in [1.807, 2.05) is 45.9 Å². The highest BCUT2D eigenvalue weighted by Gasteiger charge is 2.23. The number of anilines is 1. The standard InChI is InChI=1S/C27H38N2O2/c1-7-17-29(18-8-2)23-14-12-22(13-15-23)24-10-9-11-26(25(24)20-28)31-27(5,6)16-19-30-21(3)4/h9-15,21H,7-8,16-19H2,1-6H3. The van der Waals surface area contributed by atoms with Crippen LogP contribution in [0.25, 0.3) is 11.1 Å². The maximum Gasteiger partial charge on any atom is 0.138 e. The number of nitriles is 1. The van der Waals surface area contributed by atoms with Crippen molar-refractivity contribution in [3.05, 3.63) is 48.0 Å². The number of nitrogens with zero attached hydrogens (tertiary/aromatic N) is 2. The van der Waals surface area contributed by atoms with Gasteiger partial charge in [0.15, 0.2) is 0 Å². The zero-order valence-electron chi connectivity index (χ0n) is 20.1. The first-order chi connectivity index (χ1) is 14.8. The van der Waals surface area contributed by atoms with Gasteiger partial charge in [-0.3, -0.25) is 0 Å². The summed E-state index contributed by atoms with van der Waals surface area (Å²) in [5.41, 5.74) is 3.30. The van der Waals surface area contributed by atoms with Crippen LogP contribution < -0.4 is 9.64 Å². The summed E-state index contributed by atoms with van der Waals surface area (Å²) in [6.45, 7) is 15.3. The number of hydrogen-bond acceptors (Lipinski definition) is 4. The number of benzene rings is 2. The van der Waals surface area contributed by atoms with Crippen LogP contribution in [0.3, 0.4) is 0 Å². The Hall–Kier alpha value is -2.51. The maximum atomic E-state index is 9.93. The van der Waals surface area contributed by atoms with Crippen molar-refractivity contribution in [2.75, 3.05) is 24.6 Å². The molecular weight excluding hydrogens is 384 g/mol. The van der Waals surface area contributed by atoms with E-state index >= 15 is 0 Å². The second-order valence-corrected chi connectivity index (χ2v) is 8.86. The molecule has 0 amide bonds. The molecule has 0 N–H and O–H groups in total. The van der Waals surface area contributed by atoms with Gasteiger partial charge in [0.25, 0.3) is 0 Å². The van der Waals surface area contributed by atoms with E-state index in [1.165, 1.54) is 5.69 Å². The van der Waals surface area contributed by atoms with Gasteiger partial charge in [0.1, 0.15) is 23.0 Å². The van der Waals surface area contributed by atoms with Crippen LogP contribution in [0.5, 0.6) is 5.75 Å². The molecule has 0 spiro atoms. The predicted molar refractivity (Wildman–Crippen MR) is 130 cm³/mol. The molecule has 0 aliphatic rings. The van der Waals surface area contributed by atoms with E-state index in [-0.39, 0.29) is 6.10 Å². The summed E-state index contributed by atoms with van der Waals surface area (Å²) in [5, 5.41) is 9.93. The Morgan fingerprint density at radius 3 is 2.19 bits per heavy atom. The van der Waals surface area contributed by atoms with Gasteiger partial charge in [-0.05, 0) is 64.3 Å². The molecule has 0 saturated carbocycles. The van der Waals surface area contributed by atoms with Crippen molar-refractivity contribution in [1.29, 1.82) is 5.26 Å². The Morgan fingerprint density at radius 2 is 1.65 bits per heavy atom. The zero-order chi connectivity index (χ0) is 22.9. The first kappa shape index (κ1) is 24.8. The second-order valence-electron chi connectivity index (χ2n) is 8.86. The fourth-order valence-corrected chi connectivity index (χ4v) is 3.62. The van der Waals surface area contributed by atoms with Crippen LogP contribution in [0.4, 0.5) is 5.69 Å². The number of hydrogen-bond donors (Lipinski definition) is 0. The van der Waals surface area contributed by atoms with Crippen molar-refractivity contribution in [2.45, 2.75) is 72.5 Å². The molecule has 0 aromatic heterocycles. The molecule has 2 rings (SSSR count). The molecular formula is C27H38N2O2. The van der Waals surface area contributed by atoms with E-state index in [0.717, 1.165) is 43.5 Å². The molecule has 0 fully saturated rings. The highest BCUT2D eigenvalue weighted by atomic mass is 16.5. The van der Waals surface area contributed by atoms with E-state index < -0.39 is 5.60 Å². The summed E-state index contributed by atoms with van der Waals surface area (Å²) in [6, 6.07) is 16.7. The van der Waals surface area contributed by atoms with Gasteiger partial charge in [-0.1, -0.05) is 38.1 Å². The maximum absolute atomic E-state index is 9.93. The van der Waals surface area contributed by atoms with Gasteiger partial charge in [-0.25, -0.2) is 0 Å². The van der Waals surface area contributed by atoms with Crippen LogP contribution in [-0.2, 0) is 4.74 Å². The zero-order valence-corrected chi connectivity index (χ0v) is 20.1. The fraction of sp³-hybridized carbons (Fsp3) is 0.519. The van der Waals surface area contributed by atoms with Gasteiger partial charge in [0.2, 0.25) is 0 Å². The van der Waals surface area contributed by atoms with Gasteiger partial charge in [0.05, 0.1) is 12.7 Å². The third kappa shape index (κ3) is 7.29. The third-order valence-electron chi connectivity index (χ3n) is 5.21. The highest BCUT2D eigenvalue weighted by molar-refractivity contribution is 5.75. The minimum atomic E-state index is -0.427. The lowest BCUT2D eigenvalue weighted by atomic mass is 9.98. The molecule has 0 radical (unpaired) electrons. The van der Waals surface area contributed by atoms with Crippen LogP contribution in [0, 0.1) is 11.3 Å². The van der Waals surface area contributed by atoms with E-state index in [0.29, 0.717) is 17.9 Å². The van der Waals surface area contributed by atoms with Crippen LogP contribution >= 0.6 is 0 Å². The summed E-state index contributed by atoms with van der Waals surface area (Å²) in [4.78, 5) is 2.41. The molecule has 0 atom stereocenters. The van der Waals surface area contributed by atoms with Crippen LogP contribution in [0.15, 0.2) is 42.5 Å². The van der Waals surface area contributed by atoms with Crippen molar-refractivity contribution < 1.29 is 9.47 Å². The summed E-state index contributed by atoms with van der Waals surface area (Å²) in [6.07, 6.45) is 3.19. The summed E-state index contributed by atoms with van der Waals surface area (Å²) < 4.78 is 12.0. The molecule has 0 aliphatic carbocycles. The molecule has 0 saturated heterocycles. The monoisotopic (exact) mass is 422 g/mol. The van der Waals surface area contributed by atoms with E-state index in [4.69, 9.17) is 9.47 Å². The van der Waals surface area contributed by atoms with E-state index in [9.17, 15) is 5.26 Å². The lowest BCUT2D eigenvalue weighted by Gasteiger charge is -2.28. The first-order valence-corrected chi connectivity index (χ1v) is 11.5. The molecule has 0 bridgehead atoms. The Labute approximate surface area is 188 Å². The van der Waals surface area contributed by atoms with Gasteiger partial charge >= 0.3 is 0 Å². The molecule has 168 valence electrons. The van der Waals surface area contributed by atoms with Gasteiger partial charge < -0.3 is 14.4 Å². The first-order valence-electron chi connectivity index (χ1n) is 11.5. The van der Waals surface area contributed by atoms with Crippen LogP contribution in [-0.4, -0.2) is 31.4 Å². The lowest BCUT2D eigenvalue weighted by molar-refractivity contribution is 0.0230. The SMILES string of the molecule is CCCN(CCC)c1ccc(-c2cccc(OC(C)(C)CCOC(C)C)c2C#N)cc1. The average molecular weight is 423 g/mol. The van der Waals surface area contributed by atoms with Gasteiger partial charge in [0, 0.05) is 30.8 Å². The van der Waals surface area contributed by atoms with Crippen LogP contribution in [0.2, 0.25) is 0 Å². The fourth-order valence-electron chi connectivity index (χ4n) is 3.62. The Morgan fingerprint density at radius 1 is 1.00 bits per heavy atom. The summed E-state index contributed by atoms with van der Waals surface area (Å²) in [5.74, 6) is 0.622. The summed E-state index contributed by atoms with van der Waals surface area (Å²) >= 11 is 0. The smallest absolute Gasteiger partial charge is 0.138 e. The second kappa shape index (κ2) is 11.8. The number of ether oxygens (including phenoxy) is 2. The summed E-state index contributed by atoms with van der Waals surface area (Å²) in [7, 11) is 0. The molecule has 4 nitrogen and oxygen atoms in total. The lowest BCUT2D eigenvalue weighted by Crippen LogP contribution is -2.30. The van der Waals surface area contributed by atoms with Gasteiger partial charge in [-0.2, -0.15) is 5.26 Å². The molecule has 0 heterocycles. The van der Waals surface area contributed by atoms with Gasteiger partial charge in [-0.15, -0.1) is 0 Å². The Kier molecular flexibility index (Phi) is 9.40. The molecule has 0 unspecified atom stereocenters. The normalized spacial score (nSPS) is 11.4. The average Bonchev–Trinajstić information content (AvgIpc) is 2.73. The molecule has 4 heteroatoms. The largest absolute Gasteiger partial charge is 0.486 e. The highest BCUT2D eigenvalue weighted by Crippen LogP contribution is 2.33. The van der Waals surface area contributed by atoms with Crippen LogP contribution in [0.1, 0.15) is 66.4 Å². The molecule has 2 aromatic rings. The molecule has 31 heavy (non-hydrogen) atoms. The van der Waals surface area contributed by atoms with E-state index in [1.54, 1.807) is 0 Å². The minimum Gasteiger partial charge on any atom is -0.486 e. The van der Waals surface area contributed by atoms with Crippen molar-refractivity contribution >= 4 is 5.69 Å². The quantitative estimate of drug-likeness (QED) is 0.376. The third-order valence-corrected chi connectivity index (χ3v) is 5.21. The minimum absolute atomic E-state index is 0.197. The number of rotatable bonds is 12. The molecule has 2 aromatic carbocycles. The Bertz CT molecular complexity index is 845. The Balaban J connectivity index is 2.25. The predicted octanol–water partition coefficient (Wildman–Crippen LogP) is 6.82. The van der Waals surface area contributed by atoms with Crippen molar-refractivity contribution in [1.82, 2.24) is 0 Å². The van der Waals surface area contributed by atoms with E-state index in [2.05, 4.69) is 49.1 Å².